The molecule has 0 fully saturated rings. The predicted molar refractivity (Wildman–Crippen MR) is 52.0 cm³/mol. The molecule has 1 aliphatic heterocycles. The quantitative estimate of drug-likeness (QED) is 0.540. The molecule has 1 aromatic rings. The zero-order valence-corrected chi connectivity index (χ0v) is 7.96. The summed E-state index contributed by atoms with van der Waals surface area (Å²) in [5, 5.41) is 0. The topological polar surface area (TPSA) is 0 Å². The fourth-order valence-electron chi connectivity index (χ4n) is 1.59. The van der Waals surface area contributed by atoms with Gasteiger partial charge in [-0.1, -0.05) is 6.07 Å². The van der Waals surface area contributed by atoms with Crippen LogP contribution in [0.25, 0.3) is 0 Å². The molecule has 1 heterocycles. The fraction of sp³-hybridized carbons (Fsp3) is 0.400. The summed E-state index contributed by atoms with van der Waals surface area (Å²) in [7, 11) is 0.473. The van der Waals surface area contributed by atoms with E-state index < -0.39 is 0 Å². The molecule has 12 heavy (non-hydrogen) atoms. The molecule has 0 nitrogen and oxygen atoms in total. The Labute approximate surface area is 75.1 Å². The first-order valence-corrected chi connectivity index (χ1v) is 6.09. The van der Waals surface area contributed by atoms with Gasteiger partial charge in [-0.3, -0.25) is 0 Å². The molecule has 1 atom stereocenters. The molecule has 0 saturated carbocycles. The number of fused-ring (bicyclic) bond motifs is 1. The third-order valence-corrected chi connectivity index (χ3v) is 3.99. The molecular formula is C10H12FS+. The first-order valence-electron chi connectivity index (χ1n) is 4.12. The van der Waals surface area contributed by atoms with Crippen LogP contribution in [0.15, 0.2) is 18.2 Å². The Morgan fingerprint density at radius 3 is 3.00 bits per heavy atom. The first-order chi connectivity index (χ1) is 5.75. The average molecular weight is 183 g/mol. The van der Waals surface area contributed by atoms with Crippen molar-refractivity contribution >= 4 is 10.9 Å². The summed E-state index contributed by atoms with van der Waals surface area (Å²) in [6, 6.07) is 5.19. The van der Waals surface area contributed by atoms with Crippen molar-refractivity contribution in [3.05, 3.63) is 35.1 Å². The highest BCUT2D eigenvalue weighted by molar-refractivity contribution is 7.95. The van der Waals surface area contributed by atoms with Gasteiger partial charge in [-0.15, -0.1) is 0 Å². The van der Waals surface area contributed by atoms with Crippen molar-refractivity contribution in [1.82, 2.24) is 0 Å². The molecule has 1 aliphatic rings. The van der Waals surface area contributed by atoms with Gasteiger partial charge in [0.1, 0.15) is 17.3 Å². The Balaban J connectivity index is 2.37. The highest BCUT2D eigenvalue weighted by atomic mass is 32.2. The van der Waals surface area contributed by atoms with E-state index in [-0.39, 0.29) is 5.82 Å². The third-order valence-electron chi connectivity index (χ3n) is 2.29. The van der Waals surface area contributed by atoms with Crippen LogP contribution in [0.2, 0.25) is 0 Å². The van der Waals surface area contributed by atoms with Gasteiger partial charge in [-0.05, 0) is 28.6 Å². The van der Waals surface area contributed by atoms with Crippen molar-refractivity contribution < 1.29 is 4.39 Å². The van der Waals surface area contributed by atoms with Crippen molar-refractivity contribution in [2.75, 3.05) is 12.0 Å². The van der Waals surface area contributed by atoms with Crippen LogP contribution in [0.3, 0.4) is 0 Å². The standard InChI is InChI=1S/C10H12FS/c1-12-5-4-8-2-3-10(11)6-9(8)7-12/h2-3,6H,4-5,7H2,1H3/q+1. The molecule has 64 valence electrons. The largest absolute Gasteiger partial charge is 0.207 e. The van der Waals surface area contributed by atoms with Crippen LogP contribution >= 0.6 is 0 Å². The van der Waals surface area contributed by atoms with E-state index in [4.69, 9.17) is 0 Å². The molecule has 0 N–H and O–H groups in total. The van der Waals surface area contributed by atoms with Gasteiger partial charge in [0.05, 0.1) is 6.26 Å². The van der Waals surface area contributed by atoms with Gasteiger partial charge >= 0.3 is 0 Å². The lowest BCUT2D eigenvalue weighted by molar-refractivity contribution is 0.625. The Kier molecular flexibility index (Phi) is 2.09. The number of aryl methyl sites for hydroxylation is 1. The maximum atomic E-state index is 12.8. The Bertz CT molecular complexity index is 296. The van der Waals surface area contributed by atoms with E-state index in [2.05, 4.69) is 6.26 Å². The van der Waals surface area contributed by atoms with E-state index in [0.29, 0.717) is 10.9 Å². The number of hydrogen-bond donors (Lipinski definition) is 0. The summed E-state index contributed by atoms with van der Waals surface area (Å²) in [6.45, 7) is 0. The summed E-state index contributed by atoms with van der Waals surface area (Å²) < 4.78 is 12.8. The third kappa shape index (κ3) is 1.48. The van der Waals surface area contributed by atoms with Crippen LogP contribution in [-0.4, -0.2) is 12.0 Å². The van der Waals surface area contributed by atoms with Crippen molar-refractivity contribution in [3.63, 3.8) is 0 Å². The van der Waals surface area contributed by atoms with Crippen LogP contribution in [0, 0.1) is 5.82 Å². The summed E-state index contributed by atoms with van der Waals surface area (Å²) in [5.74, 6) is 2.26. The van der Waals surface area contributed by atoms with Crippen LogP contribution in [-0.2, 0) is 23.1 Å². The Hall–Kier alpha value is -0.500. The highest BCUT2D eigenvalue weighted by Crippen LogP contribution is 2.21. The summed E-state index contributed by atoms with van der Waals surface area (Å²) in [5.41, 5.74) is 2.58. The van der Waals surface area contributed by atoms with Crippen molar-refractivity contribution in [1.29, 1.82) is 0 Å². The molecule has 0 saturated heterocycles. The molecule has 0 amide bonds. The summed E-state index contributed by atoms with van der Waals surface area (Å²) >= 11 is 0. The second-order valence-corrected chi connectivity index (χ2v) is 5.55. The van der Waals surface area contributed by atoms with Gasteiger partial charge in [0, 0.05) is 12.0 Å². The van der Waals surface area contributed by atoms with E-state index in [1.165, 1.54) is 16.9 Å². The lowest BCUT2D eigenvalue weighted by Gasteiger charge is -2.14. The van der Waals surface area contributed by atoms with E-state index in [1.807, 2.05) is 6.07 Å². The molecular weight excluding hydrogens is 171 g/mol. The van der Waals surface area contributed by atoms with Crippen molar-refractivity contribution in [2.24, 2.45) is 0 Å². The van der Waals surface area contributed by atoms with Gasteiger partial charge in [-0.2, -0.15) is 0 Å². The number of hydrogen-bond acceptors (Lipinski definition) is 0. The molecule has 1 unspecified atom stereocenters. The van der Waals surface area contributed by atoms with Gasteiger partial charge in [0.2, 0.25) is 0 Å². The highest BCUT2D eigenvalue weighted by Gasteiger charge is 2.21. The summed E-state index contributed by atoms with van der Waals surface area (Å²) in [6.07, 6.45) is 3.39. The molecule has 0 spiro atoms. The van der Waals surface area contributed by atoms with Crippen molar-refractivity contribution in [3.8, 4) is 0 Å². The van der Waals surface area contributed by atoms with Crippen LogP contribution in [0.5, 0.6) is 0 Å². The zero-order chi connectivity index (χ0) is 8.55. The Morgan fingerprint density at radius 1 is 1.33 bits per heavy atom. The van der Waals surface area contributed by atoms with E-state index in [9.17, 15) is 4.39 Å². The smallest absolute Gasteiger partial charge is 0.133 e. The lowest BCUT2D eigenvalue weighted by atomic mass is 10.1. The van der Waals surface area contributed by atoms with Gasteiger partial charge in [0.15, 0.2) is 0 Å². The SMILES string of the molecule is C[S+]1CCc2ccc(F)cc2C1. The van der Waals surface area contributed by atoms with Crippen molar-refractivity contribution in [2.45, 2.75) is 12.2 Å². The molecule has 0 aromatic heterocycles. The first kappa shape index (κ1) is 8.11. The van der Waals surface area contributed by atoms with Crippen LogP contribution in [0.1, 0.15) is 11.1 Å². The molecule has 2 heteroatoms. The number of rotatable bonds is 0. The van der Waals surface area contributed by atoms with Gasteiger partial charge < -0.3 is 0 Å². The maximum Gasteiger partial charge on any atom is 0.133 e. The molecule has 0 bridgehead atoms. The second-order valence-electron chi connectivity index (χ2n) is 3.29. The van der Waals surface area contributed by atoms with E-state index in [0.717, 1.165) is 12.2 Å². The number of benzene rings is 1. The molecule has 0 aliphatic carbocycles. The summed E-state index contributed by atoms with van der Waals surface area (Å²) in [4.78, 5) is 0. The van der Waals surface area contributed by atoms with Crippen LogP contribution in [0.4, 0.5) is 4.39 Å². The fourth-order valence-corrected chi connectivity index (χ4v) is 3.11. The zero-order valence-electron chi connectivity index (χ0n) is 7.14. The van der Waals surface area contributed by atoms with Gasteiger partial charge in [0.25, 0.3) is 0 Å². The second kappa shape index (κ2) is 3.09. The minimum absolute atomic E-state index is 0.0901. The monoisotopic (exact) mass is 183 g/mol. The Morgan fingerprint density at radius 2 is 2.17 bits per heavy atom. The van der Waals surface area contributed by atoms with E-state index in [1.54, 1.807) is 12.1 Å². The molecule has 2 rings (SSSR count). The maximum absolute atomic E-state index is 12.8. The minimum atomic E-state index is -0.0901. The lowest BCUT2D eigenvalue weighted by Crippen LogP contribution is -2.18. The predicted octanol–water partition coefficient (Wildman–Crippen LogP) is 2.13. The average Bonchev–Trinajstić information content (AvgIpc) is 2.03. The van der Waals surface area contributed by atoms with Gasteiger partial charge in [-0.25, -0.2) is 4.39 Å². The van der Waals surface area contributed by atoms with E-state index >= 15 is 0 Å². The van der Waals surface area contributed by atoms with Crippen LogP contribution < -0.4 is 0 Å². The normalized spacial score (nSPS) is 22.0. The minimum Gasteiger partial charge on any atom is -0.207 e. The molecule has 0 radical (unpaired) electrons. The number of halogens is 1. The molecule has 1 aromatic carbocycles.